The number of imidazole rings is 1. The largest absolute Gasteiger partial charge is 0.388 e. The Morgan fingerprint density at radius 2 is 2.12 bits per heavy atom. The van der Waals surface area contributed by atoms with E-state index in [9.17, 15) is 15.0 Å². The van der Waals surface area contributed by atoms with Gasteiger partial charge < -0.3 is 31.1 Å². The van der Waals surface area contributed by atoms with Crippen molar-refractivity contribution in [1.29, 1.82) is 0 Å². The molecule has 3 rings (SSSR count). The van der Waals surface area contributed by atoms with Crippen molar-refractivity contribution in [2.24, 2.45) is 5.73 Å². The van der Waals surface area contributed by atoms with Crippen molar-refractivity contribution < 1.29 is 15.0 Å². The van der Waals surface area contributed by atoms with Gasteiger partial charge in [0.2, 0.25) is 5.91 Å². The molecule has 6 N–H and O–H groups in total. The summed E-state index contributed by atoms with van der Waals surface area (Å²) in [6, 6.07) is -0.965. The van der Waals surface area contributed by atoms with E-state index in [0.29, 0.717) is 42.8 Å². The number of nitrogens with zero attached hydrogens (tertiary/aromatic N) is 4. The number of rotatable bonds is 7. The summed E-state index contributed by atoms with van der Waals surface area (Å²) in [5.41, 5.74) is 6.58. The predicted octanol–water partition coefficient (Wildman–Crippen LogP) is -0.852. The van der Waals surface area contributed by atoms with E-state index < -0.39 is 24.3 Å². The Balaban J connectivity index is 1.75. The van der Waals surface area contributed by atoms with Gasteiger partial charge in [0.15, 0.2) is 11.5 Å². The number of aliphatic hydroxyl groups is 2. The molecule has 1 aliphatic carbocycles. The Kier molecular flexibility index (Phi) is 5.64. The molecule has 142 valence electrons. The molecule has 1 aliphatic rings. The van der Waals surface area contributed by atoms with Crippen molar-refractivity contribution in [3.8, 4) is 0 Å². The number of aromatic nitrogens is 4. The van der Waals surface area contributed by atoms with Crippen molar-refractivity contribution in [3.05, 3.63) is 12.7 Å². The molecule has 0 aliphatic heterocycles. The number of hydrogen-bond acceptors (Lipinski definition) is 8. The first-order chi connectivity index (χ1) is 12.6. The summed E-state index contributed by atoms with van der Waals surface area (Å²) in [6.45, 7) is 0.546. The maximum Gasteiger partial charge on any atom is 0.220 e. The molecular formula is C16H25N7O3. The first kappa shape index (κ1) is 18.5. The van der Waals surface area contributed by atoms with Crippen LogP contribution in [0.4, 0.5) is 5.82 Å². The molecule has 2 aromatic heterocycles. The van der Waals surface area contributed by atoms with Gasteiger partial charge in [-0.2, -0.15) is 0 Å². The SMILES string of the molecule is CNc1ncnc2c1ncn2[C@H]1C[C@@H](NC(=O)CCCCN)[C@@H](O)[C@H]1O. The van der Waals surface area contributed by atoms with Crippen molar-refractivity contribution >= 4 is 22.9 Å². The first-order valence-electron chi connectivity index (χ1n) is 8.77. The molecule has 0 aromatic carbocycles. The molecule has 0 radical (unpaired) electrons. The summed E-state index contributed by atoms with van der Waals surface area (Å²) in [5.74, 6) is 0.442. The molecule has 0 saturated heterocycles. The molecule has 1 amide bonds. The Morgan fingerprint density at radius 1 is 1.31 bits per heavy atom. The Bertz CT molecular complexity index is 765. The van der Waals surface area contributed by atoms with E-state index >= 15 is 0 Å². The average Bonchev–Trinajstić information content (AvgIpc) is 3.18. The lowest BCUT2D eigenvalue weighted by Gasteiger charge is -2.18. The standard InChI is InChI=1S/C16H25N7O3/c1-18-15-12-16(20-7-19-15)23(8-21-12)10-6-9(13(25)14(10)26)22-11(24)4-2-3-5-17/h7-10,13-14,25-26H,2-6,17H2,1H3,(H,22,24)(H,18,19,20)/t9-,10+,13-,14+/m1/s1. The van der Waals surface area contributed by atoms with E-state index in [0.717, 1.165) is 6.42 Å². The van der Waals surface area contributed by atoms with Gasteiger partial charge in [-0.15, -0.1) is 0 Å². The number of hydrogen-bond donors (Lipinski definition) is 5. The van der Waals surface area contributed by atoms with Crippen molar-refractivity contribution in [2.45, 2.75) is 50.0 Å². The number of fused-ring (bicyclic) bond motifs is 1. The number of aliphatic hydroxyl groups excluding tert-OH is 2. The van der Waals surface area contributed by atoms with Crippen LogP contribution >= 0.6 is 0 Å². The third-order valence-electron chi connectivity index (χ3n) is 4.81. The molecule has 1 fully saturated rings. The second kappa shape index (κ2) is 7.94. The fourth-order valence-electron chi connectivity index (χ4n) is 3.41. The summed E-state index contributed by atoms with van der Waals surface area (Å²) < 4.78 is 1.73. The Labute approximate surface area is 150 Å². The van der Waals surface area contributed by atoms with Crippen molar-refractivity contribution in [1.82, 2.24) is 24.8 Å². The van der Waals surface area contributed by atoms with Crippen LogP contribution in [0.1, 0.15) is 31.7 Å². The fourth-order valence-corrected chi connectivity index (χ4v) is 3.41. The number of nitrogens with two attached hydrogens (primary N) is 1. The van der Waals surface area contributed by atoms with Crippen LogP contribution in [0.3, 0.4) is 0 Å². The van der Waals surface area contributed by atoms with Gasteiger partial charge in [-0.05, 0) is 25.8 Å². The minimum Gasteiger partial charge on any atom is -0.388 e. The lowest BCUT2D eigenvalue weighted by atomic mass is 10.1. The number of carbonyl (C=O) groups is 1. The van der Waals surface area contributed by atoms with Gasteiger partial charge >= 0.3 is 0 Å². The number of anilines is 1. The summed E-state index contributed by atoms with van der Waals surface area (Å²) in [5, 5.41) is 26.6. The molecule has 0 bridgehead atoms. The highest BCUT2D eigenvalue weighted by Crippen LogP contribution is 2.33. The lowest BCUT2D eigenvalue weighted by molar-refractivity contribution is -0.122. The van der Waals surface area contributed by atoms with Gasteiger partial charge in [-0.25, -0.2) is 15.0 Å². The molecule has 4 atom stereocenters. The van der Waals surface area contributed by atoms with Gasteiger partial charge in [-0.3, -0.25) is 4.79 Å². The monoisotopic (exact) mass is 363 g/mol. The van der Waals surface area contributed by atoms with Gasteiger partial charge in [0.05, 0.1) is 18.4 Å². The van der Waals surface area contributed by atoms with Crippen LogP contribution in [0.25, 0.3) is 11.2 Å². The maximum absolute atomic E-state index is 12.0. The van der Waals surface area contributed by atoms with E-state index in [1.165, 1.54) is 6.33 Å². The van der Waals surface area contributed by atoms with Crippen molar-refractivity contribution in [2.75, 3.05) is 18.9 Å². The van der Waals surface area contributed by atoms with Crippen LogP contribution in [0.2, 0.25) is 0 Å². The van der Waals surface area contributed by atoms with Gasteiger partial charge in [0.1, 0.15) is 24.1 Å². The molecule has 10 nitrogen and oxygen atoms in total. The van der Waals surface area contributed by atoms with Crippen LogP contribution in [-0.4, -0.2) is 67.5 Å². The second-order valence-corrected chi connectivity index (χ2v) is 6.50. The molecule has 0 unspecified atom stereocenters. The third kappa shape index (κ3) is 3.48. The lowest BCUT2D eigenvalue weighted by Crippen LogP contribution is -2.43. The minimum absolute atomic E-state index is 0.148. The zero-order valence-electron chi connectivity index (χ0n) is 14.7. The summed E-state index contributed by atoms with van der Waals surface area (Å²) in [7, 11) is 1.74. The minimum atomic E-state index is -1.05. The molecule has 26 heavy (non-hydrogen) atoms. The number of amides is 1. The molecule has 0 spiro atoms. The highest BCUT2D eigenvalue weighted by Gasteiger charge is 2.43. The van der Waals surface area contributed by atoms with Crippen LogP contribution in [-0.2, 0) is 4.79 Å². The van der Waals surface area contributed by atoms with Gasteiger partial charge in [-0.1, -0.05) is 0 Å². The zero-order chi connectivity index (χ0) is 18.7. The average molecular weight is 363 g/mol. The van der Waals surface area contributed by atoms with Crippen molar-refractivity contribution in [3.63, 3.8) is 0 Å². The fraction of sp³-hybridized carbons (Fsp3) is 0.625. The molecule has 2 heterocycles. The zero-order valence-corrected chi connectivity index (χ0v) is 14.7. The highest BCUT2D eigenvalue weighted by molar-refractivity contribution is 5.82. The number of unbranched alkanes of at least 4 members (excludes halogenated alkanes) is 1. The van der Waals surface area contributed by atoms with Crippen LogP contribution in [0.15, 0.2) is 12.7 Å². The van der Waals surface area contributed by atoms with E-state index in [4.69, 9.17) is 5.73 Å². The molecular weight excluding hydrogens is 338 g/mol. The van der Waals surface area contributed by atoms with E-state index in [2.05, 4.69) is 25.6 Å². The predicted molar refractivity (Wildman–Crippen MR) is 95.4 cm³/mol. The summed E-state index contributed by atoms with van der Waals surface area (Å²) in [6.07, 6.45) is 3.13. The Morgan fingerprint density at radius 3 is 2.85 bits per heavy atom. The number of carbonyl (C=O) groups excluding carboxylic acids is 1. The van der Waals surface area contributed by atoms with E-state index in [1.54, 1.807) is 17.9 Å². The second-order valence-electron chi connectivity index (χ2n) is 6.50. The van der Waals surface area contributed by atoms with E-state index in [1.807, 2.05) is 0 Å². The number of nitrogens with one attached hydrogen (secondary N) is 2. The molecule has 1 saturated carbocycles. The van der Waals surface area contributed by atoms with E-state index in [-0.39, 0.29) is 5.91 Å². The third-order valence-corrected chi connectivity index (χ3v) is 4.81. The highest BCUT2D eigenvalue weighted by atomic mass is 16.3. The Hall–Kier alpha value is -2.30. The molecule has 10 heteroatoms. The smallest absolute Gasteiger partial charge is 0.220 e. The summed E-state index contributed by atoms with van der Waals surface area (Å²) in [4.78, 5) is 24.7. The van der Waals surface area contributed by atoms with Gasteiger partial charge in [0, 0.05) is 13.5 Å². The quantitative estimate of drug-likeness (QED) is 0.399. The normalized spacial score (nSPS) is 25.5. The summed E-state index contributed by atoms with van der Waals surface area (Å²) >= 11 is 0. The van der Waals surface area contributed by atoms with Gasteiger partial charge in [0.25, 0.3) is 0 Å². The maximum atomic E-state index is 12.0. The van der Waals surface area contributed by atoms with Crippen LogP contribution < -0.4 is 16.4 Å². The van der Waals surface area contributed by atoms with Crippen LogP contribution in [0, 0.1) is 0 Å². The first-order valence-corrected chi connectivity index (χ1v) is 8.77. The van der Waals surface area contributed by atoms with Crippen LogP contribution in [0.5, 0.6) is 0 Å². The molecule has 2 aromatic rings. The topological polar surface area (TPSA) is 151 Å².